The minimum atomic E-state index is -4.79. The number of aromatic nitrogens is 3. The molecule has 11 heteroatoms. The number of hydrogen-bond donors (Lipinski definition) is 2. The fourth-order valence-corrected chi connectivity index (χ4v) is 2.97. The van der Waals surface area contributed by atoms with Crippen LogP contribution in [0.2, 0.25) is 0 Å². The third-order valence-corrected chi connectivity index (χ3v) is 4.36. The summed E-state index contributed by atoms with van der Waals surface area (Å²) in [6.45, 7) is 1.61. The molecule has 0 fully saturated rings. The molecular weight excluding hydrogens is 408 g/mol. The van der Waals surface area contributed by atoms with Crippen molar-refractivity contribution in [3.63, 3.8) is 0 Å². The average molecular weight is 424 g/mol. The second-order valence-electron chi connectivity index (χ2n) is 6.49. The molecule has 2 heterocycles. The summed E-state index contributed by atoms with van der Waals surface area (Å²) in [4.78, 5) is 42.6. The van der Waals surface area contributed by atoms with Gasteiger partial charge in [0.25, 0.3) is 11.5 Å². The van der Waals surface area contributed by atoms with Crippen LogP contribution in [-0.2, 0) is 19.3 Å². The van der Waals surface area contributed by atoms with Crippen molar-refractivity contribution in [3.8, 4) is 0 Å². The number of aryl methyl sites for hydroxylation is 1. The van der Waals surface area contributed by atoms with Crippen LogP contribution in [0.1, 0.15) is 34.8 Å². The van der Waals surface area contributed by atoms with Gasteiger partial charge in [-0.2, -0.15) is 13.2 Å². The molecule has 0 unspecified atom stereocenters. The summed E-state index contributed by atoms with van der Waals surface area (Å²) in [6.07, 6.45) is -3.06. The van der Waals surface area contributed by atoms with Crippen molar-refractivity contribution in [1.82, 2.24) is 19.9 Å². The van der Waals surface area contributed by atoms with Crippen LogP contribution in [0.4, 0.5) is 17.6 Å². The number of fused-ring (bicyclic) bond motifs is 1. The molecule has 2 N–H and O–H groups in total. The van der Waals surface area contributed by atoms with Crippen molar-refractivity contribution in [3.05, 3.63) is 73.8 Å². The second kappa shape index (κ2) is 8.09. The van der Waals surface area contributed by atoms with E-state index < -0.39 is 41.3 Å². The number of alkyl halides is 3. The van der Waals surface area contributed by atoms with Crippen molar-refractivity contribution in [2.75, 3.05) is 0 Å². The van der Waals surface area contributed by atoms with Gasteiger partial charge in [-0.3, -0.25) is 19.1 Å². The zero-order valence-electron chi connectivity index (χ0n) is 15.6. The Hall–Kier alpha value is -3.50. The standard InChI is InChI=1S/C19H16F4N4O3/c1-2-5-27-15-13(17(29)26-18(27)30)6-11(9-24-15)16(28)25-8-10-3-4-12(20)7-14(10)19(21,22)23/h3-4,6-7,9H,2,5,8H2,1H3,(H,25,28)(H,26,29,30). The highest BCUT2D eigenvalue weighted by Gasteiger charge is 2.33. The molecule has 7 nitrogen and oxygen atoms in total. The largest absolute Gasteiger partial charge is 0.416 e. The van der Waals surface area contributed by atoms with E-state index in [0.717, 1.165) is 18.3 Å². The van der Waals surface area contributed by atoms with Crippen LogP contribution in [0.3, 0.4) is 0 Å². The van der Waals surface area contributed by atoms with Gasteiger partial charge >= 0.3 is 11.9 Å². The molecule has 3 aromatic rings. The first-order valence-corrected chi connectivity index (χ1v) is 8.88. The maximum absolute atomic E-state index is 13.2. The fraction of sp³-hybridized carbons (Fsp3) is 0.263. The van der Waals surface area contributed by atoms with E-state index in [9.17, 15) is 31.9 Å². The number of aromatic amines is 1. The number of halogens is 4. The average Bonchev–Trinajstić information content (AvgIpc) is 2.69. The Labute approximate surface area is 166 Å². The Balaban J connectivity index is 1.90. The van der Waals surface area contributed by atoms with Crippen LogP contribution in [0.5, 0.6) is 0 Å². The summed E-state index contributed by atoms with van der Waals surface area (Å²) >= 11 is 0. The first-order valence-electron chi connectivity index (χ1n) is 8.88. The highest BCUT2D eigenvalue weighted by molar-refractivity contribution is 5.96. The van der Waals surface area contributed by atoms with Crippen LogP contribution < -0.4 is 16.6 Å². The number of hydrogen-bond acceptors (Lipinski definition) is 4. The summed E-state index contributed by atoms with van der Waals surface area (Å²) < 4.78 is 53.7. The summed E-state index contributed by atoms with van der Waals surface area (Å²) in [5.41, 5.74) is -2.86. The SMILES string of the molecule is CCCn1c(=O)[nH]c(=O)c2cc(C(=O)NCc3ccc(F)cc3C(F)(F)F)cnc21. The lowest BCUT2D eigenvalue weighted by Crippen LogP contribution is -2.31. The Morgan fingerprint density at radius 3 is 2.63 bits per heavy atom. The molecule has 0 saturated carbocycles. The molecule has 1 aromatic carbocycles. The molecule has 0 bridgehead atoms. The van der Waals surface area contributed by atoms with Crippen molar-refractivity contribution < 1.29 is 22.4 Å². The number of H-pyrrole nitrogens is 1. The highest BCUT2D eigenvalue weighted by Crippen LogP contribution is 2.32. The third-order valence-electron chi connectivity index (χ3n) is 4.36. The molecule has 2 aromatic heterocycles. The van der Waals surface area contributed by atoms with Crippen LogP contribution >= 0.6 is 0 Å². The smallest absolute Gasteiger partial charge is 0.348 e. The van der Waals surface area contributed by atoms with E-state index in [1.54, 1.807) is 0 Å². The predicted octanol–water partition coefficient (Wildman–Crippen LogP) is 2.58. The van der Waals surface area contributed by atoms with E-state index >= 15 is 0 Å². The topological polar surface area (TPSA) is 96.9 Å². The molecule has 0 aliphatic heterocycles. The molecule has 0 radical (unpaired) electrons. The number of benzene rings is 1. The molecule has 0 aliphatic carbocycles. The lowest BCUT2D eigenvalue weighted by molar-refractivity contribution is -0.138. The van der Waals surface area contributed by atoms with Gasteiger partial charge in [-0.1, -0.05) is 13.0 Å². The zero-order chi connectivity index (χ0) is 22.1. The summed E-state index contributed by atoms with van der Waals surface area (Å²) in [6, 6.07) is 3.36. The molecule has 3 rings (SSSR count). The summed E-state index contributed by atoms with van der Waals surface area (Å²) in [5, 5.41) is 2.29. The number of amides is 1. The van der Waals surface area contributed by atoms with E-state index in [-0.39, 0.29) is 22.2 Å². The summed E-state index contributed by atoms with van der Waals surface area (Å²) in [5.74, 6) is -1.83. The number of nitrogens with zero attached hydrogens (tertiary/aromatic N) is 2. The van der Waals surface area contributed by atoms with Gasteiger partial charge < -0.3 is 5.32 Å². The molecular formula is C19H16F4N4O3. The normalized spacial score (nSPS) is 11.6. The van der Waals surface area contributed by atoms with Gasteiger partial charge in [-0.05, 0) is 30.2 Å². The van der Waals surface area contributed by atoms with E-state index in [1.165, 1.54) is 10.6 Å². The van der Waals surface area contributed by atoms with E-state index in [0.29, 0.717) is 19.0 Å². The van der Waals surface area contributed by atoms with Gasteiger partial charge in [0.2, 0.25) is 0 Å². The molecule has 158 valence electrons. The maximum Gasteiger partial charge on any atom is 0.416 e. The van der Waals surface area contributed by atoms with Crippen LogP contribution in [0.25, 0.3) is 11.0 Å². The molecule has 0 spiro atoms. The van der Waals surface area contributed by atoms with E-state index in [1.807, 2.05) is 6.92 Å². The van der Waals surface area contributed by atoms with Crippen LogP contribution in [0, 0.1) is 5.82 Å². The van der Waals surface area contributed by atoms with Gasteiger partial charge in [0.1, 0.15) is 11.5 Å². The van der Waals surface area contributed by atoms with Crippen LogP contribution in [0.15, 0.2) is 40.1 Å². The fourth-order valence-electron chi connectivity index (χ4n) is 2.97. The van der Waals surface area contributed by atoms with Gasteiger partial charge in [0.05, 0.1) is 16.5 Å². The Kier molecular flexibility index (Phi) is 5.72. The molecule has 1 amide bonds. The Morgan fingerprint density at radius 1 is 1.23 bits per heavy atom. The number of pyridine rings is 1. The first-order chi connectivity index (χ1) is 14.1. The third kappa shape index (κ3) is 4.24. The van der Waals surface area contributed by atoms with Crippen molar-refractivity contribution in [2.24, 2.45) is 0 Å². The van der Waals surface area contributed by atoms with Gasteiger partial charge in [-0.25, -0.2) is 14.2 Å². The summed E-state index contributed by atoms with van der Waals surface area (Å²) in [7, 11) is 0. The molecule has 0 atom stereocenters. The van der Waals surface area contributed by atoms with Crippen molar-refractivity contribution >= 4 is 16.9 Å². The number of carbonyl (C=O) groups is 1. The Morgan fingerprint density at radius 2 is 1.97 bits per heavy atom. The van der Waals surface area contributed by atoms with Gasteiger partial charge in [-0.15, -0.1) is 0 Å². The maximum atomic E-state index is 13.2. The van der Waals surface area contributed by atoms with Crippen molar-refractivity contribution in [1.29, 1.82) is 0 Å². The Bertz CT molecular complexity index is 1230. The molecule has 30 heavy (non-hydrogen) atoms. The lowest BCUT2D eigenvalue weighted by Gasteiger charge is -2.14. The van der Waals surface area contributed by atoms with E-state index in [2.05, 4.69) is 15.3 Å². The minimum absolute atomic E-state index is 0.00605. The number of rotatable bonds is 5. The number of nitrogens with one attached hydrogen (secondary N) is 2. The highest BCUT2D eigenvalue weighted by atomic mass is 19.4. The predicted molar refractivity (Wildman–Crippen MR) is 99.5 cm³/mol. The second-order valence-corrected chi connectivity index (χ2v) is 6.49. The van der Waals surface area contributed by atoms with Gasteiger partial charge in [0, 0.05) is 19.3 Å². The van der Waals surface area contributed by atoms with Crippen LogP contribution in [-0.4, -0.2) is 20.4 Å². The quantitative estimate of drug-likeness (QED) is 0.616. The monoisotopic (exact) mass is 424 g/mol. The van der Waals surface area contributed by atoms with Gasteiger partial charge in [0.15, 0.2) is 0 Å². The lowest BCUT2D eigenvalue weighted by atomic mass is 10.1. The van der Waals surface area contributed by atoms with Crippen molar-refractivity contribution in [2.45, 2.75) is 32.6 Å². The zero-order valence-corrected chi connectivity index (χ0v) is 15.6. The first kappa shape index (κ1) is 21.2. The molecule has 0 saturated heterocycles. The molecule has 0 aliphatic rings. The number of carbonyl (C=O) groups excluding carboxylic acids is 1. The minimum Gasteiger partial charge on any atom is -0.348 e. The van der Waals surface area contributed by atoms with E-state index in [4.69, 9.17) is 0 Å².